The number of anilines is 2. The molecule has 1 atom stereocenters. The number of hydrogen-bond donors (Lipinski definition) is 0. The Hall–Kier alpha value is -4.87. The second-order valence-corrected chi connectivity index (χ2v) is 13.2. The van der Waals surface area contributed by atoms with Gasteiger partial charge in [0.05, 0.1) is 44.6 Å². The van der Waals surface area contributed by atoms with E-state index in [0.29, 0.717) is 41.5 Å². The van der Waals surface area contributed by atoms with Gasteiger partial charge < -0.3 is 19.1 Å². The average Bonchev–Trinajstić information content (AvgIpc) is 3.47. The van der Waals surface area contributed by atoms with Gasteiger partial charge in [0, 0.05) is 67.0 Å². The summed E-state index contributed by atoms with van der Waals surface area (Å²) in [6.07, 6.45) is 5.22. The fraction of sp³-hybridized carbons (Fsp3) is 0.257. The lowest BCUT2D eigenvalue weighted by atomic mass is 9.81. The molecule has 11 heteroatoms. The Morgan fingerprint density at radius 1 is 0.739 bits per heavy atom. The van der Waals surface area contributed by atoms with Crippen molar-refractivity contribution in [3.63, 3.8) is 0 Å². The third kappa shape index (κ3) is 4.78. The van der Waals surface area contributed by atoms with Gasteiger partial charge in [-0.15, -0.1) is 0 Å². The number of rotatable bonds is 8. The van der Waals surface area contributed by atoms with Crippen molar-refractivity contribution in [1.29, 1.82) is 0 Å². The third-order valence-corrected chi connectivity index (χ3v) is 10.9. The van der Waals surface area contributed by atoms with Crippen molar-refractivity contribution in [3.8, 4) is 17.2 Å². The molecular weight excluding hydrogens is 602 g/mol. The lowest BCUT2D eigenvalue weighted by Crippen LogP contribution is -2.58. The molecule has 0 N–H and O–H groups in total. The van der Waals surface area contributed by atoms with Crippen LogP contribution in [0.4, 0.5) is 11.4 Å². The van der Waals surface area contributed by atoms with Crippen molar-refractivity contribution >= 4 is 32.3 Å². The molecule has 10 nitrogen and oxygen atoms in total. The summed E-state index contributed by atoms with van der Waals surface area (Å²) < 4.78 is 48.7. The summed E-state index contributed by atoms with van der Waals surface area (Å²) >= 11 is 0. The smallest absolute Gasteiger partial charge is 0.266 e. The number of pyridine rings is 2. The quantitative estimate of drug-likeness (QED) is 0.235. The Kier molecular flexibility index (Phi) is 7.66. The van der Waals surface area contributed by atoms with Crippen LogP contribution in [0.2, 0.25) is 0 Å². The Morgan fingerprint density at radius 3 is 2.15 bits per heavy atom. The van der Waals surface area contributed by atoms with Crippen molar-refractivity contribution in [3.05, 3.63) is 109 Å². The number of piperazine rings is 1. The molecule has 0 bridgehead atoms. The number of nitrogens with zero attached hydrogens (tertiary/aromatic N) is 5. The van der Waals surface area contributed by atoms with Crippen LogP contribution in [0, 0.1) is 0 Å². The van der Waals surface area contributed by atoms with Crippen LogP contribution in [0.1, 0.15) is 11.1 Å². The molecule has 5 aromatic rings. The molecule has 2 aromatic heterocycles. The molecule has 0 radical (unpaired) electrons. The Labute approximate surface area is 268 Å². The monoisotopic (exact) mass is 637 g/mol. The molecule has 46 heavy (non-hydrogen) atoms. The molecule has 0 spiro atoms. The minimum Gasteiger partial charge on any atom is -0.497 e. The second kappa shape index (κ2) is 11.8. The van der Waals surface area contributed by atoms with E-state index < -0.39 is 15.6 Å². The van der Waals surface area contributed by atoms with Crippen LogP contribution < -0.4 is 23.4 Å². The Balaban J connectivity index is 1.43. The minimum atomic E-state index is -4.09. The maximum atomic E-state index is 14.8. The first-order chi connectivity index (χ1) is 22.4. The zero-order valence-electron chi connectivity index (χ0n) is 26.0. The van der Waals surface area contributed by atoms with E-state index in [4.69, 9.17) is 14.2 Å². The molecule has 0 amide bonds. The number of hydrogen-bond acceptors (Lipinski definition) is 9. The highest BCUT2D eigenvalue weighted by Crippen LogP contribution is 2.53. The predicted molar refractivity (Wildman–Crippen MR) is 178 cm³/mol. The van der Waals surface area contributed by atoms with Crippen LogP contribution in [0.15, 0.2) is 102 Å². The summed E-state index contributed by atoms with van der Waals surface area (Å²) in [5.74, 6) is 1.92. The first-order valence-electron chi connectivity index (χ1n) is 15.1. The van der Waals surface area contributed by atoms with Gasteiger partial charge in [0.15, 0.2) is 0 Å². The predicted octanol–water partition coefficient (Wildman–Crippen LogP) is 4.93. The van der Waals surface area contributed by atoms with Crippen LogP contribution in [0.5, 0.6) is 17.2 Å². The van der Waals surface area contributed by atoms with Crippen molar-refractivity contribution in [1.82, 2.24) is 14.9 Å². The van der Waals surface area contributed by atoms with E-state index in [2.05, 4.69) is 19.8 Å². The van der Waals surface area contributed by atoms with Gasteiger partial charge in [0.2, 0.25) is 0 Å². The number of aromatic nitrogens is 2. The highest BCUT2D eigenvalue weighted by molar-refractivity contribution is 7.93. The largest absolute Gasteiger partial charge is 0.497 e. The molecule has 236 valence electrons. The van der Waals surface area contributed by atoms with Gasteiger partial charge in [0.1, 0.15) is 22.1 Å². The van der Waals surface area contributed by atoms with Gasteiger partial charge in [-0.3, -0.25) is 19.2 Å². The highest BCUT2D eigenvalue weighted by Gasteiger charge is 2.54. The molecule has 0 aliphatic carbocycles. The standard InChI is InChI=1S/C35H35N5O5S/c1-43-27-9-11-31-29(22-27)35(30-23-28(44-2)10-12-32(30)45-3,39-20-18-38(19-21-39)26-13-16-36-17-14-26)24-40(31)46(41,42)33-8-4-6-25-7-5-15-37-34(25)33/h4-17,22-23H,18-21,24H2,1-3H3. The second-order valence-electron chi connectivity index (χ2n) is 11.3. The van der Waals surface area contributed by atoms with Crippen LogP contribution >= 0.6 is 0 Å². The van der Waals surface area contributed by atoms with Crippen LogP contribution in [-0.2, 0) is 15.6 Å². The van der Waals surface area contributed by atoms with Crippen molar-refractivity contribution in [2.45, 2.75) is 10.4 Å². The Morgan fingerprint density at radius 2 is 1.43 bits per heavy atom. The summed E-state index contributed by atoms with van der Waals surface area (Å²) in [5.41, 5.74) is 2.79. The van der Waals surface area contributed by atoms with Crippen molar-refractivity contribution in [2.24, 2.45) is 0 Å². The van der Waals surface area contributed by atoms with E-state index in [-0.39, 0.29) is 11.4 Å². The van der Waals surface area contributed by atoms with Gasteiger partial charge in [0.25, 0.3) is 10.0 Å². The van der Waals surface area contributed by atoms with Crippen molar-refractivity contribution in [2.75, 3.05) is 63.3 Å². The molecule has 2 aliphatic heterocycles. The minimum absolute atomic E-state index is 0.111. The summed E-state index contributed by atoms with van der Waals surface area (Å²) in [5, 5.41) is 0.755. The van der Waals surface area contributed by atoms with Crippen LogP contribution in [-0.4, -0.2) is 77.3 Å². The zero-order chi connectivity index (χ0) is 31.9. The van der Waals surface area contributed by atoms with Crippen LogP contribution in [0.25, 0.3) is 10.9 Å². The molecule has 3 aromatic carbocycles. The number of para-hydroxylation sites is 1. The molecule has 1 saturated heterocycles. The lowest BCUT2D eigenvalue weighted by Gasteiger charge is -2.47. The van der Waals surface area contributed by atoms with Gasteiger partial charge >= 0.3 is 0 Å². The lowest BCUT2D eigenvalue weighted by molar-refractivity contribution is 0.125. The first kappa shape index (κ1) is 29.8. The maximum Gasteiger partial charge on any atom is 0.266 e. The van der Waals surface area contributed by atoms with Crippen molar-refractivity contribution < 1.29 is 22.6 Å². The van der Waals surface area contributed by atoms with E-state index in [1.165, 1.54) is 4.31 Å². The zero-order valence-corrected chi connectivity index (χ0v) is 26.8. The summed E-state index contributed by atoms with van der Waals surface area (Å²) in [6.45, 7) is 2.89. The third-order valence-electron chi connectivity index (χ3n) is 9.15. The summed E-state index contributed by atoms with van der Waals surface area (Å²) in [7, 11) is 0.792. The molecule has 0 saturated carbocycles. The number of sulfonamides is 1. The van der Waals surface area contributed by atoms with Gasteiger partial charge in [-0.05, 0) is 60.7 Å². The van der Waals surface area contributed by atoms with E-state index in [1.807, 2.05) is 66.7 Å². The fourth-order valence-electron chi connectivity index (χ4n) is 6.90. The fourth-order valence-corrected chi connectivity index (χ4v) is 8.57. The summed E-state index contributed by atoms with van der Waals surface area (Å²) in [4.78, 5) is 13.5. The molecule has 7 rings (SSSR count). The number of ether oxygens (including phenoxy) is 3. The number of methoxy groups -OCH3 is 3. The first-order valence-corrected chi connectivity index (χ1v) is 16.5. The molecular formula is C35H35N5O5S. The maximum absolute atomic E-state index is 14.8. The topological polar surface area (TPSA) is 97.3 Å². The van der Waals surface area contributed by atoms with Gasteiger partial charge in [-0.25, -0.2) is 8.42 Å². The summed E-state index contributed by atoms with van der Waals surface area (Å²) in [6, 6.07) is 24.3. The SMILES string of the molecule is COc1ccc(OC)c(C2(N3CCN(c4ccncc4)CC3)CN(S(=O)(=O)c3cccc4cccnc34)c3ccc(OC)cc32)c1. The normalized spacial score (nSPS) is 18.4. The van der Waals surface area contributed by atoms with E-state index in [1.54, 1.807) is 52.1 Å². The van der Waals surface area contributed by atoms with E-state index >= 15 is 0 Å². The highest BCUT2D eigenvalue weighted by atomic mass is 32.2. The van der Waals surface area contributed by atoms with Crippen LogP contribution in [0.3, 0.4) is 0 Å². The van der Waals surface area contributed by atoms with Gasteiger partial charge in [-0.2, -0.15) is 0 Å². The molecule has 1 unspecified atom stereocenters. The number of fused-ring (bicyclic) bond motifs is 2. The average molecular weight is 638 g/mol. The Bertz CT molecular complexity index is 1990. The van der Waals surface area contributed by atoms with E-state index in [0.717, 1.165) is 35.3 Å². The van der Waals surface area contributed by atoms with E-state index in [9.17, 15) is 8.42 Å². The molecule has 1 fully saturated rings. The number of benzene rings is 3. The molecule has 2 aliphatic rings. The van der Waals surface area contributed by atoms with Gasteiger partial charge in [-0.1, -0.05) is 18.2 Å². The molecule has 4 heterocycles.